The van der Waals surface area contributed by atoms with Gasteiger partial charge in [-0.1, -0.05) is 31.5 Å². The standard InChI is InChI=1S/C27H26N2O5/c1-2-3-15-34-22-12-8-20(9-13-22)25(31)23-24(19-6-10-21(30)11-7-19)29(27(33)26(23)32)17-18-5-4-14-28-16-18/h4-14,16,24,30-31H,2-3,15,17H2,1H3/b25-23-. The molecule has 1 atom stereocenters. The van der Waals surface area contributed by atoms with Gasteiger partial charge in [0.25, 0.3) is 11.7 Å². The van der Waals surface area contributed by atoms with Crippen LogP contribution < -0.4 is 4.74 Å². The molecule has 1 saturated heterocycles. The van der Waals surface area contributed by atoms with Crippen molar-refractivity contribution in [1.29, 1.82) is 0 Å². The molecule has 1 amide bonds. The number of benzene rings is 2. The SMILES string of the molecule is CCCCOc1ccc(/C(O)=C2/C(=O)C(=O)N(Cc3cccnc3)C2c2ccc(O)cc2)cc1. The van der Waals surface area contributed by atoms with Crippen LogP contribution in [-0.2, 0) is 16.1 Å². The molecule has 34 heavy (non-hydrogen) atoms. The molecule has 0 saturated carbocycles. The average molecular weight is 459 g/mol. The Balaban J connectivity index is 1.74. The maximum absolute atomic E-state index is 13.1. The molecule has 7 nitrogen and oxygen atoms in total. The smallest absolute Gasteiger partial charge is 0.295 e. The number of aromatic hydroxyl groups is 1. The predicted octanol–water partition coefficient (Wildman–Crippen LogP) is 4.59. The molecule has 1 aromatic heterocycles. The molecule has 0 radical (unpaired) electrons. The predicted molar refractivity (Wildman–Crippen MR) is 127 cm³/mol. The van der Waals surface area contributed by atoms with Crippen molar-refractivity contribution in [3.63, 3.8) is 0 Å². The van der Waals surface area contributed by atoms with E-state index in [1.165, 1.54) is 17.0 Å². The summed E-state index contributed by atoms with van der Waals surface area (Å²) >= 11 is 0. The second-order valence-corrected chi connectivity index (χ2v) is 8.11. The van der Waals surface area contributed by atoms with Gasteiger partial charge in [-0.05, 0) is 60.0 Å². The fourth-order valence-electron chi connectivity index (χ4n) is 3.93. The third kappa shape index (κ3) is 4.78. The van der Waals surface area contributed by atoms with Crippen molar-refractivity contribution in [3.8, 4) is 11.5 Å². The third-order valence-corrected chi connectivity index (χ3v) is 5.72. The Labute approximate surface area is 198 Å². The lowest BCUT2D eigenvalue weighted by Gasteiger charge is -2.25. The summed E-state index contributed by atoms with van der Waals surface area (Å²) in [6, 6.07) is 15.8. The van der Waals surface area contributed by atoms with Crippen LogP contribution in [0.1, 0.15) is 42.5 Å². The topological polar surface area (TPSA) is 100.0 Å². The lowest BCUT2D eigenvalue weighted by atomic mass is 9.95. The number of ketones is 1. The first-order chi connectivity index (χ1) is 16.5. The Kier molecular flexibility index (Phi) is 6.92. The highest BCUT2D eigenvalue weighted by Crippen LogP contribution is 2.40. The number of amides is 1. The maximum Gasteiger partial charge on any atom is 0.295 e. The van der Waals surface area contributed by atoms with Crippen LogP contribution in [0.3, 0.4) is 0 Å². The molecule has 1 aliphatic heterocycles. The molecule has 2 heterocycles. The van der Waals surface area contributed by atoms with Gasteiger partial charge in [0, 0.05) is 24.5 Å². The first-order valence-electron chi connectivity index (χ1n) is 11.2. The number of unbranched alkanes of at least 4 members (excludes halogenated alkanes) is 1. The van der Waals surface area contributed by atoms with Gasteiger partial charge in [-0.25, -0.2) is 0 Å². The quantitative estimate of drug-likeness (QED) is 0.222. The normalized spacial score (nSPS) is 17.2. The minimum Gasteiger partial charge on any atom is -0.508 e. The van der Waals surface area contributed by atoms with Gasteiger partial charge in [0.1, 0.15) is 17.3 Å². The highest BCUT2D eigenvalue weighted by Gasteiger charge is 2.46. The third-order valence-electron chi connectivity index (χ3n) is 5.72. The molecule has 1 unspecified atom stereocenters. The molecule has 0 spiro atoms. The highest BCUT2D eigenvalue weighted by molar-refractivity contribution is 6.46. The molecule has 1 aliphatic rings. The number of nitrogens with zero attached hydrogens (tertiary/aromatic N) is 2. The van der Waals surface area contributed by atoms with Gasteiger partial charge in [-0.15, -0.1) is 0 Å². The van der Waals surface area contributed by atoms with E-state index < -0.39 is 17.7 Å². The largest absolute Gasteiger partial charge is 0.508 e. The first-order valence-corrected chi connectivity index (χ1v) is 11.2. The molecule has 3 aromatic rings. The van der Waals surface area contributed by atoms with Gasteiger partial charge in [0.2, 0.25) is 0 Å². The molecule has 2 aromatic carbocycles. The van der Waals surface area contributed by atoms with Crippen LogP contribution in [-0.4, -0.2) is 38.4 Å². The zero-order valence-corrected chi connectivity index (χ0v) is 18.8. The number of aliphatic hydroxyl groups excluding tert-OH is 1. The number of carbonyl (C=O) groups excluding carboxylic acids is 2. The van der Waals surface area contributed by atoms with Gasteiger partial charge in [0.05, 0.1) is 18.2 Å². The fraction of sp³-hybridized carbons (Fsp3) is 0.222. The molecule has 4 rings (SSSR count). The van der Waals surface area contributed by atoms with E-state index in [0.717, 1.165) is 18.4 Å². The number of phenolic OH excluding ortho intramolecular Hbond substituents is 1. The van der Waals surface area contributed by atoms with Crippen LogP contribution in [0.4, 0.5) is 0 Å². The molecule has 174 valence electrons. The van der Waals surface area contributed by atoms with Crippen LogP contribution in [0.15, 0.2) is 78.6 Å². The van der Waals surface area contributed by atoms with Gasteiger partial charge in [-0.2, -0.15) is 0 Å². The lowest BCUT2D eigenvalue weighted by Crippen LogP contribution is -2.29. The minimum absolute atomic E-state index is 0.000712. The van der Waals surface area contributed by atoms with E-state index in [1.54, 1.807) is 54.9 Å². The van der Waals surface area contributed by atoms with E-state index in [2.05, 4.69) is 11.9 Å². The number of ether oxygens (including phenoxy) is 1. The Morgan fingerprint density at radius 1 is 1.06 bits per heavy atom. The molecular formula is C27H26N2O5. The Bertz CT molecular complexity index is 1190. The fourth-order valence-corrected chi connectivity index (χ4v) is 3.93. The summed E-state index contributed by atoms with van der Waals surface area (Å²) < 4.78 is 5.67. The summed E-state index contributed by atoms with van der Waals surface area (Å²) in [4.78, 5) is 31.7. The van der Waals surface area contributed by atoms with Crippen LogP contribution in [0, 0.1) is 0 Å². The van der Waals surface area contributed by atoms with E-state index >= 15 is 0 Å². The maximum atomic E-state index is 13.1. The van der Waals surface area contributed by atoms with Crippen LogP contribution in [0.2, 0.25) is 0 Å². The van der Waals surface area contributed by atoms with E-state index in [-0.39, 0.29) is 23.6 Å². The summed E-state index contributed by atoms with van der Waals surface area (Å²) in [5, 5.41) is 20.9. The van der Waals surface area contributed by atoms with Gasteiger partial charge < -0.3 is 19.8 Å². The number of hydrogen-bond donors (Lipinski definition) is 2. The number of likely N-dealkylation sites (tertiary alicyclic amines) is 1. The number of Topliss-reactive ketones (excluding diaryl/α,β-unsaturated/α-hetero) is 1. The molecular weight excluding hydrogens is 432 g/mol. The van der Waals surface area contributed by atoms with Gasteiger partial charge in [-0.3, -0.25) is 14.6 Å². The van der Waals surface area contributed by atoms with Crippen molar-refractivity contribution >= 4 is 17.4 Å². The van der Waals surface area contributed by atoms with Crippen molar-refractivity contribution in [3.05, 3.63) is 95.3 Å². The monoisotopic (exact) mass is 458 g/mol. The lowest BCUT2D eigenvalue weighted by molar-refractivity contribution is -0.140. The molecule has 2 N–H and O–H groups in total. The molecule has 1 fully saturated rings. The van der Waals surface area contributed by atoms with E-state index in [9.17, 15) is 19.8 Å². The van der Waals surface area contributed by atoms with Crippen LogP contribution in [0.25, 0.3) is 5.76 Å². The first kappa shape index (κ1) is 23.0. The van der Waals surface area contributed by atoms with E-state index in [1.807, 2.05) is 6.07 Å². The number of phenols is 1. The van der Waals surface area contributed by atoms with Gasteiger partial charge in [0.15, 0.2) is 0 Å². The second-order valence-electron chi connectivity index (χ2n) is 8.11. The van der Waals surface area contributed by atoms with Crippen molar-refractivity contribution in [2.45, 2.75) is 32.4 Å². The second kappa shape index (κ2) is 10.2. The van der Waals surface area contributed by atoms with Crippen LogP contribution >= 0.6 is 0 Å². The summed E-state index contributed by atoms with van der Waals surface area (Å²) in [7, 11) is 0. The summed E-state index contributed by atoms with van der Waals surface area (Å²) in [6.45, 7) is 2.83. The Morgan fingerprint density at radius 2 is 1.79 bits per heavy atom. The van der Waals surface area contributed by atoms with Crippen molar-refractivity contribution in [2.24, 2.45) is 0 Å². The van der Waals surface area contributed by atoms with E-state index in [4.69, 9.17) is 4.74 Å². The number of carbonyl (C=O) groups is 2. The number of hydrogen-bond acceptors (Lipinski definition) is 6. The van der Waals surface area contributed by atoms with Gasteiger partial charge >= 0.3 is 0 Å². The van der Waals surface area contributed by atoms with Crippen molar-refractivity contribution in [1.82, 2.24) is 9.88 Å². The average Bonchev–Trinajstić information content (AvgIpc) is 3.10. The summed E-state index contributed by atoms with van der Waals surface area (Å²) in [6.07, 6.45) is 5.22. The Hall–Kier alpha value is -4.13. The number of rotatable bonds is 8. The summed E-state index contributed by atoms with van der Waals surface area (Å²) in [5.74, 6) is -1.00. The molecule has 0 aliphatic carbocycles. The van der Waals surface area contributed by atoms with Crippen LogP contribution in [0.5, 0.6) is 11.5 Å². The molecule has 7 heteroatoms. The number of pyridine rings is 1. The van der Waals surface area contributed by atoms with Crippen molar-refractivity contribution < 1.29 is 24.5 Å². The highest BCUT2D eigenvalue weighted by atomic mass is 16.5. The van der Waals surface area contributed by atoms with Crippen molar-refractivity contribution in [2.75, 3.05) is 6.61 Å². The number of aromatic nitrogens is 1. The zero-order valence-electron chi connectivity index (χ0n) is 18.8. The zero-order chi connectivity index (χ0) is 24.1. The molecule has 0 bridgehead atoms. The summed E-state index contributed by atoms with van der Waals surface area (Å²) in [5.41, 5.74) is 1.76. The minimum atomic E-state index is -0.818. The Morgan fingerprint density at radius 3 is 2.44 bits per heavy atom. The van der Waals surface area contributed by atoms with E-state index in [0.29, 0.717) is 23.5 Å². The number of aliphatic hydroxyl groups is 1.